The zero-order chi connectivity index (χ0) is 18.7. The summed E-state index contributed by atoms with van der Waals surface area (Å²) in [4.78, 5) is 11.2. The monoisotopic (exact) mass is 496 g/mol. The molecule has 1 aromatic heterocycles. The van der Waals surface area contributed by atoms with Gasteiger partial charge in [-0.2, -0.15) is 0 Å². The molecule has 1 spiro atoms. The summed E-state index contributed by atoms with van der Waals surface area (Å²) in [6.45, 7) is 2.87. The predicted molar refractivity (Wildman–Crippen MR) is 119 cm³/mol. The number of likely N-dealkylation sites (tertiary alicyclic amines) is 1. The molecule has 1 N–H and O–H groups in total. The molecule has 4 rings (SSSR count). The van der Waals surface area contributed by atoms with Gasteiger partial charge in [-0.1, -0.05) is 12.5 Å². The third-order valence-corrected chi connectivity index (χ3v) is 5.65. The fourth-order valence-electron chi connectivity index (χ4n) is 3.91. The molecule has 7 heteroatoms. The number of halogens is 2. The van der Waals surface area contributed by atoms with Gasteiger partial charge in [-0.25, -0.2) is 9.37 Å². The minimum absolute atomic E-state index is 0. The van der Waals surface area contributed by atoms with E-state index in [1.807, 2.05) is 19.2 Å². The Morgan fingerprint density at radius 2 is 2.00 bits per heavy atom. The van der Waals surface area contributed by atoms with E-state index in [2.05, 4.69) is 20.2 Å². The van der Waals surface area contributed by atoms with Crippen LogP contribution < -0.4 is 10.1 Å². The molecule has 0 unspecified atom stereocenters. The van der Waals surface area contributed by atoms with E-state index in [9.17, 15) is 4.39 Å². The number of hydrogen-bond donors (Lipinski definition) is 1. The number of hydrogen-bond acceptors (Lipinski definition) is 3. The maximum Gasteiger partial charge on any atom is 0.219 e. The van der Waals surface area contributed by atoms with E-state index in [-0.39, 0.29) is 29.8 Å². The minimum Gasteiger partial charge on any atom is -0.439 e. The summed E-state index contributed by atoms with van der Waals surface area (Å²) in [5, 5.41) is 3.44. The summed E-state index contributed by atoms with van der Waals surface area (Å²) in [5.41, 5.74) is 1.61. The fourth-order valence-corrected chi connectivity index (χ4v) is 3.91. The second kappa shape index (κ2) is 9.07. The van der Waals surface area contributed by atoms with Gasteiger partial charge in [-0.15, -0.1) is 24.0 Å². The summed E-state index contributed by atoms with van der Waals surface area (Å²) in [5.74, 6) is 1.73. The van der Waals surface area contributed by atoms with Crippen LogP contribution in [0, 0.1) is 11.2 Å². The van der Waals surface area contributed by atoms with Gasteiger partial charge < -0.3 is 15.0 Å². The van der Waals surface area contributed by atoms with Crippen LogP contribution in [0.2, 0.25) is 0 Å². The van der Waals surface area contributed by atoms with E-state index in [4.69, 9.17) is 4.74 Å². The van der Waals surface area contributed by atoms with Crippen LogP contribution in [0.25, 0.3) is 0 Å². The molecular weight excluding hydrogens is 470 g/mol. The van der Waals surface area contributed by atoms with E-state index < -0.39 is 0 Å². The molecule has 28 heavy (non-hydrogen) atoms. The van der Waals surface area contributed by atoms with Crippen molar-refractivity contribution in [2.75, 3.05) is 20.1 Å². The molecule has 2 aromatic rings. The SMILES string of the molecule is CN=C(NCc1ccc(Oc2ccc(F)cc2)nc1)N1CCC2(CCC2)C1.I. The van der Waals surface area contributed by atoms with Crippen LogP contribution in [0.3, 0.4) is 0 Å². The maximum atomic E-state index is 12.9. The molecular formula is C21H26FIN4O. The molecule has 1 saturated carbocycles. The van der Waals surface area contributed by atoms with Gasteiger partial charge in [0.25, 0.3) is 0 Å². The minimum atomic E-state index is -0.286. The number of benzene rings is 1. The molecule has 5 nitrogen and oxygen atoms in total. The van der Waals surface area contributed by atoms with Crippen molar-refractivity contribution < 1.29 is 9.13 Å². The van der Waals surface area contributed by atoms with Crippen LogP contribution in [-0.2, 0) is 6.54 Å². The van der Waals surface area contributed by atoms with Gasteiger partial charge in [0, 0.05) is 38.9 Å². The summed E-state index contributed by atoms with van der Waals surface area (Å²) in [6.07, 6.45) is 7.17. The number of ether oxygens (including phenoxy) is 1. The van der Waals surface area contributed by atoms with Crippen LogP contribution in [0.15, 0.2) is 47.6 Å². The molecule has 1 aliphatic heterocycles. The molecule has 0 bridgehead atoms. The van der Waals surface area contributed by atoms with Crippen LogP contribution in [0.1, 0.15) is 31.2 Å². The number of pyridine rings is 1. The van der Waals surface area contributed by atoms with Gasteiger partial charge in [0.15, 0.2) is 5.96 Å². The Morgan fingerprint density at radius 3 is 2.57 bits per heavy atom. The molecule has 0 amide bonds. The topological polar surface area (TPSA) is 49.8 Å². The zero-order valence-corrected chi connectivity index (χ0v) is 18.4. The quantitative estimate of drug-likeness (QED) is 0.383. The summed E-state index contributed by atoms with van der Waals surface area (Å²) < 4.78 is 18.6. The van der Waals surface area contributed by atoms with Crippen LogP contribution >= 0.6 is 24.0 Å². The second-order valence-electron chi connectivity index (χ2n) is 7.49. The number of rotatable bonds is 4. The molecule has 2 fully saturated rings. The number of guanidine groups is 1. The van der Waals surface area contributed by atoms with Gasteiger partial charge in [0.2, 0.25) is 5.88 Å². The first kappa shape index (κ1) is 20.8. The first-order valence-electron chi connectivity index (χ1n) is 9.50. The zero-order valence-electron chi connectivity index (χ0n) is 16.0. The van der Waals surface area contributed by atoms with Crippen molar-refractivity contribution in [1.82, 2.24) is 15.2 Å². The highest BCUT2D eigenvalue weighted by Crippen LogP contribution is 2.47. The smallest absolute Gasteiger partial charge is 0.219 e. The Bertz CT molecular complexity index is 806. The Kier molecular flexibility index (Phi) is 6.74. The lowest BCUT2D eigenvalue weighted by molar-refractivity contribution is 0.151. The highest BCUT2D eigenvalue weighted by atomic mass is 127. The van der Waals surface area contributed by atoms with E-state index in [0.717, 1.165) is 24.6 Å². The number of nitrogens with one attached hydrogen (secondary N) is 1. The Hall–Kier alpha value is -1.90. The predicted octanol–water partition coefficient (Wildman–Crippen LogP) is 4.58. The first-order chi connectivity index (χ1) is 13.2. The molecule has 1 aliphatic carbocycles. The molecule has 1 saturated heterocycles. The summed E-state index contributed by atoms with van der Waals surface area (Å²) in [6, 6.07) is 9.70. The van der Waals surface area contributed by atoms with Gasteiger partial charge in [-0.3, -0.25) is 4.99 Å². The van der Waals surface area contributed by atoms with Crippen molar-refractivity contribution in [2.45, 2.75) is 32.2 Å². The van der Waals surface area contributed by atoms with Crippen molar-refractivity contribution in [3.8, 4) is 11.6 Å². The standard InChI is InChI=1S/C21H25FN4O.HI/c1-23-20(26-12-11-21(15-26)9-2-10-21)25-14-16-3-8-19(24-13-16)27-18-6-4-17(22)5-7-18;/h3-8,13H,2,9-12,14-15H2,1H3,(H,23,25);1H. The fraction of sp³-hybridized carbons (Fsp3) is 0.429. The van der Waals surface area contributed by atoms with Gasteiger partial charge in [0.1, 0.15) is 11.6 Å². The lowest BCUT2D eigenvalue weighted by Gasteiger charge is -2.38. The molecule has 2 aliphatic rings. The molecule has 0 radical (unpaired) electrons. The Balaban J connectivity index is 0.00000225. The van der Waals surface area contributed by atoms with Gasteiger partial charge >= 0.3 is 0 Å². The Morgan fingerprint density at radius 1 is 1.21 bits per heavy atom. The summed E-state index contributed by atoms with van der Waals surface area (Å²) >= 11 is 0. The molecule has 0 atom stereocenters. The van der Waals surface area contributed by atoms with Gasteiger partial charge in [-0.05, 0) is 54.5 Å². The third kappa shape index (κ3) is 4.74. The van der Waals surface area contributed by atoms with Crippen LogP contribution in [0.5, 0.6) is 11.6 Å². The normalized spacial score (nSPS) is 17.8. The summed E-state index contributed by atoms with van der Waals surface area (Å²) in [7, 11) is 1.84. The molecule has 150 valence electrons. The van der Waals surface area contributed by atoms with Gasteiger partial charge in [0.05, 0.1) is 0 Å². The lowest BCUT2D eigenvalue weighted by Crippen LogP contribution is -2.42. The molecule has 2 heterocycles. The van der Waals surface area contributed by atoms with Crippen LogP contribution in [-0.4, -0.2) is 36.0 Å². The number of aromatic nitrogens is 1. The van der Waals surface area contributed by atoms with E-state index in [1.165, 1.54) is 37.8 Å². The van der Waals surface area contributed by atoms with Crippen molar-refractivity contribution in [2.24, 2.45) is 10.4 Å². The third-order valence-electron chi connectivity index (χ3n) is 5.65. The largest absolute Gasteiger partial charge is 0.439 e. The van der Waals surface area contributed by atoms with Crippen LogP contribution in [0.4, 0.5) is 4.39 Å². The highest BCUT2D eigenvalue weighted by molar-refractivity contribution is 14.0. The van der Waals surface area contributed by atoms with E-state index >= 15 is 0 Å². The number of aliphatic imine (C=N–C) groups is 1. The Labute approximate surface area is 182 Å². The van der Waals surface area contributed by atoms with E-state index in [1.54, 1.807) is 18.3 Å². The lowest BCUT2D eigenvalue weighted by atomic mass is 9.68. The average Bonchev–Trinajstić information content (AvgIpc) is 3.12. The second-order valence-corrected chi connectivity index (χ2v) is 7.49. The first-order valence-corrected chi connectivity index (χ1v) is 9.50. The highest BCUT2D eigenvalue weighted by Gasteiger charge is 2.43. The van der Waals surface area contributed by atoms with Crippen molar-refractivity contribution in [1.29, 1.82) is 0 Å². The van der Waals surface area contributed by atoms with Crippen molar-refractivity contribution in [3.63, 3.8) is 0 Å². The van der Waals surface area contributed by atoms with Crippen molar-refractivity contribution >= 4 is 29.9 Å². The maximum absolute atomic E-state index is 12.9. The van der Waals surface area contributed by atoms with Crippen molar-refractivity contribution in [3.05, 3.63) is 54.0 Å². The number of nitrogens with zero attached hydrogens (tertiary/aromatic N) is 3. The average molecular weight is 496 g/mol. The van der Waals surface area contributed by atoms with E-state index in [0.29, 0.717) is 23.6 Å². The molecule has 1 aromatic carbocycles.